The van der Waals surface area contributed by atoms with Crippen LogP contribution in [-0.2, 0) is 23.0 Å². The first-order valence-corrected chi connectivity index (χ1v) is 12.9. The summed E-state index contributed by atoms with van der Waals surface area (Å²) in [7, 11) is 1.64. The van der Waals surface area contributed by atoms with Gasteiger partial charge in [-0.1, -0.05) is 29.7 Å². The first-order chi connectivity index (χ1) is 18.0. The molecule has 0 fully saturated rings. The maximum absolute atomic E-state index is 14.0. The summed E-state index contributed by atoms with van der Waals surface area (Å²) in [5.41, 5.74) is 1.93. The summed E-state index contributed by atoms with van der Waals surface area (Å²) in [6.45, 7) is -0.738. The molecule has 0 aliphatic carbocycles. The number of nitrogens with one attached hydrogen (secondary N) is 1. The molecule has 12 heteroatoms. The Hall–Kier alpha value is -3.38. The Morgan fingerprint density at radius 1 is 1.03 bits per heavy atom. The van der Waals surface area contributed by atoms with E-state index in [0.717, 1.165) is 10.0 Å². The fraction of sp³-hybridized carbons (Fsp3) is 0.231. The molecule has 0 saturated heterocycles. The van der Waals surface area contributed by atoms with E-state index in [2.05, 4.69) is 5.32 Å². The van der Waals surface area contributed by atoms with Crippen molar-refractivity contribution in [2.75, 3.05) is 13.2 Å². The van der Waals surface area contributed by atoms with Gasteiger partial charge in [0.05, 0.1) is 10.4 Å². The number of aromatic nitrogens is 1. The van der Waals surface area contributed by atoms with E-state index in [1.807, 2.05) is 0 Å². The van der Waals surface area contributed by atoms with E-state index in [4.69, 9.17) is 12.6 Å². The van der Waals surface area contributed by atoms with E-state index in [0.29, 0.717) is 41.5 Å². The van der Waals surface area contributed by atoms with E-state index in [-0.39, 0.29) is 16.2 Å². The van der Waals surface area contributed by atoms with Crippen LogP contribution in [0.1, 0.15) is 11.1 Å². The normalized spacial score (nSPS) is 12.4. The quantitative estimate of drug-likeness (QED) is 0.171. The summed E-state index contributed by atoms with van der Waals surface area (Å²) in [4.78, 5) is 0.00551. The topological polar surface area (TPSA) is 60.3 Å². The number of hydrogen-bond acceptors (Lipinski definition) is 4. The summed E-state index contributed by atoms with van der Waals surface area (Å²) < 4.78 is 97.3. The number of hydrogen-bond donors (Lipinski definition) is 1. The van der Waals surface area contributed by atoms with Crippen molar-refractivity contribution in [3.05, 3.63) is 89.9 Å². The SMILES string of the molecule is [B]c1ccc(S(=O)(=O)n2cc(CCNCc3cccc(OCC(F)(F)C(F)F)c3)c3ccc(F)cc32)cc1. The molecule has 4 aromatic rings. The molecule has 1 aromatic heterocycles. The number of fused-ring (bicyclic) bond motifs is 1. The summed E-state index contributed by atoms with van der Waals surface area (Å²) in [5.74, 6) is -4.80. The highest BCUT2D eigenvalue weighted by molar-refractivity contribution is 7.90. The number of halogens is 5. The van der Waals surface area contributed by atoms with Gasteiger partial charge in [0.15, 0.2) is 6.61 Å². The van der Waals surface area contributed by atoms with Crippen LogP contribution in [-0.4, -0.2) is 45.7 Å². The number of benzene rings is 3. The lowest BCUT2D eigenvalue weighted by atomic mass is 9.97. The number of nitrogens with zero attached hydrogens (tertiary/aromatic N) is 1. The van der Waals surface area contributed by atoms with E-state index >= 15 is 0 Å². The third-order valence-electron chi connectivity index (χ3n) is 5.80. The summed E-state index contributed by atoms with van der Waals surface area (Å²) in [6.07, 6.45) is -1.98. The van der Waals surface area contributed by atoms with Gasteiger partial charge in [-0.05, 0) is 66.6 Å². The zero-order valence-electron chi connectivity index (χ0n) is 19.9. The molecule has 0 spiro atoms. The molecule has 4 rings (SSSR count). The third kappa shape index (κ3) is 6.19. The van der Waals surface area contributed by atoms with Gasteiger partial charge in [0.1, 0.15) is 19.4 Å². The van der Waals surface area contributed by atoms with Crippen LogP contribution in [0.25, 0.3) is 10.9 Å². The maximum Gasteiger partial charge on any atom is 0.340 e. The fourth-order valence-corrected chi connectivity index (χ4v) is 5.22. The van der Waals surface area contributed by atoms with Crippen molar-refractivity contribution >= 4 is 34.2 Å². The minimum Gasteiger partial charge on any atom is -0.487 e. The Kier molecular flexibility index (Phi) is 8.12. The Balaban J connectivity index is 1.45. The number of alkyl halides is 4. The van der Waals surface area contributed by atoms with Crippen molar-refractivity contribution in [2.45, 2.75) is 30.2 Å². The summed E-state index contributed by atoms with van der Waals surface area (Å²) in [5, 5.41) is 3.73. The van der Waals surface area contributed by atoms with Crippen molar-refractivity contribution in [3.8, 4) is 5.75 Å². The molecule has 1 N–H and O–H groups in total. The van der Waals surface area contributed by atoms with Gasteiger partial charge in [-0.2, -0.15) is 8.78 Å². The van der Waals surface area contributed by atoms with Gasteiger partial charge in [0.25, 0.3) is 10.0 Å². The fourth-order valence-electron chi connectivity index (χ4n) is 3.83. The first kappa shape index (κ1) is 27.7. The maximum atomic E-state index is 14.0. The van der Waals surface area contributed by atoms with Crippen molar-refractivity contribution in [1.29, 1.82) is 0 Å². The molecule has 2 radical (unpaired) electrons. The van der Waals surface area contributed by atoms with Crippen molar-refractivity contribution in [1.82, 2.24) is 9.29 Å². The standard InChI is InChI=1S/C26H22BF5N2O3S/c27-19-4-7-22(8-5-19)38(35,36)34-15-18(23-9-6-20(28)13-24(23)34)10-11-33-14-17-2-1-3-21(12-17)37-16-26(31,32)25(29)30/h1-9,12-13,15,25,33H,10-11,14,16H2. The van der Waals surface area contributed by atoms with Crippen molar-refractivity contribution in [3.63, 3.8) is 0 Å². The van der Waals surface area contributed by atoms with Crippen LogP contribution < -0.4 is 15.5 Å². The molecule has 0 amide bonds. The van der Waals surface area contributed by atoms with Crippen LogP contribution in [0.2, 0.25) is 0 Å². The average Bonchev–Trinajstić information content (AvgIpc) is 3.24. The van der Waals surface area contributed by atoms with Crippen molar-refractivity contribution < 1.29 is 35.1 Å². The van der Waals surface area contributed by atoms with Crippen LogP contribution in [0.15, 0.2) is 77.8 Å². The first-order valence-electron chi connectivity index (χ1n) is 11.5. The molecule has 0 atom stereocenters. The highest BCUT2D eigenvalue weighted by Crippen LogP contribution is 2.27. The number of rotatable bonds is 11. The number of ether oxygens (including phenoxy) is 1. The second-order valence-corrected chi connectivity index (χ2v) is 10.4. The molecule has 0 unspecified atom stereocenters. The van der Waals surface area contributed by atoms with Gasteiger partial charge in [0.2, 0.25) is 0 Å². The smallest absolute Gasteiger partial charge is 0.340 e. The monoisotopic (exact) mass is 548 g/mol. The molecule has 0 saturated carbocycles. The molecule has 5 nitrogen and oxygen atoms in total. The second-order valence-electron chi connectivity index (χ2n) is 8.61. The van der Waals surface area contributed by atoms with Gasteiger partial charge in [-0.25, -0.2) is 25.6 Å². The predicted molar refractivity (Wildman–Crippen MR) is 135 cm³/mol. The lowest BCUT2D eigenvalue weighted by Crippen LogP contribution is -2.33. The minimum absolute atomic E-state index is 0.00551. The summed E-state index contributed by atoms with van der Waals surface area (Å²) in [6, 6.07) is 15.7. The molecule has 0 aliphatic rings. The van der Waals surface area contributed by atoms with Gasteiger partial charge in [-0.15, -0.1) is 0 Å². The van der Waals surface area contributed by atoms with E-state index < -0.39 is 34.8 Å². The molecule has 1 heterocycles. The summed E-state index contributed by atoms with van der Waals surface area (Å²) >= 11 is 0. The van der Waals surface area contributed by atoms with Crippen LogP contribution in [0.5, 0.6) is 5.75 Å². The highest BCUT2D eigenvalue weighted by atomic mass is 32.2. The Bertz CT molecular complexity index is 1530. The van der Waals surface area contributed by atoms with Crippen LogP contribution in [0, 0.1) is 5.82 Å². The van der Waals surface area contributed by atoms with E-state index in [1.54, 1.807) is 12.1 Å². The van der Waals surface area contributed by atoms with Gasteiger partial charge in [0, 0.05) is 18.1 Å². The minimum atomic E-state index is -4.25. The largest absolute Gasteiger partial charge is 0.487 e. The average molecular weight is 548 g/mol. The van der Waals surface area contributed by atoms with Crippen LogP contribution in [0.4, 0.5) is 22.0 Å². The molecular formula is C26H22BF5N2O3S. The van der Waals surface area contributed by atoms with Crippen LogP contribution >= 0.6 is 0 Å². The zero-order chi connectivity index (χ0) is 27.5. The van der Waals surface area contributed by atoms with E-state index in [1.165, 1.54) is 54.7 Å². The van der Waals surface area contributed by atoms with E-state index in [9.17, 15) is 30.4 Å². The van der Waals surface area contributed by atoms with Gasteiger partial charge >= 0.3 is 12.3 Å². The molecule has 198 valence electrons. The molecule has 0 aliphatic heterocycles. The van der Waals surface area contributed by atoms with Gasteiger partial charge < -0.3 is 10.1 Å². The highest BCUT2D eigenvalue weighted by Gasteiger charge is 2.41. The third-order valence-corrected chi connectivity index (χ3v) is 7.49. The Morgan fingerprint density at radius 2 is 1.76 bits per heavy atom. The molecule has 38 heavy (non-hydrogen) atoms. The Labute approximate surface area is 217 Å². The predicted octanol–water partition coefficient (Wildman–Crippen LogP) is 4.42. The zero-order valence-corrected chi connectivity index (χ0v) is 20.7. The van der Waals surface area contributed by atoms with Crippen LogP contribution in [0.3, 0.4) is 0 Å². The molecule has 0 bridgehead atoms. The molecule has 3 aromatic carbocycles. The lowest BCUT2D eigenvalue weighted by Gasteiger charge is -2.16. The van der Waals surface area contributed by atoms with Gasteiger partial charge in [-0.3, -0.25) is 0 Å². The molecular weight excluding hydrogens is 526 g/mol. The second kappa shape index (κ2) is 11.2. The Morgan fingerprint density at radius 3 is 2.47 bits per heavy atom. The lowest BCUT2D eigenvalue weighted by molar-refractivity contribution is -0.148. The van der Waals surface area contributed by atoms with Crippen molar-refractivity contribution in [2.24, 2.45) is 0 Å².